The van der Waals surface area contributed by atoms with Crippen LogP contribution in [0.25, 0.3) is 5.69 Å². The Morgan fingerprint density at radius 2 is 2.06 bits per heavy atom. The van der Waals surface area contributed by atoms with E-state index in [1.54, 1.807) is 24.0 Å². The van der Waals surface area contributed by atoms with Crippen molar-refractivity contribution in [2.45, 2.75) is 29.6 Å². The maximum Gasteiger partial charge on any atom is 0.257 e. The molecule has 1 aromatic carbocycles. The van der Waals surface area contributed by atoms with Crippen molar-refractivity contribution < 1.29 is 14.3 Å². The molecule has 1 amide bonds. The van der Waals surface area contributed by atoms with Crippen LogP contribution >= 0.6 is 11.8 Å². The van der Waals surface area contributed by atoms with Gasteiger partial charge in [0, 0.05) is 41.5 Å². The number of carbonyl (C=O) groups excluding carboxylic acids is 1. The third-order valence-electron chi connectivity index (χ3n) is 5.87. The van der Waals surface area contributed by atoms with Crippen LogP contribution < -0.4 is 10.7 Å². The van der Waals surface area contributed by atoms with Gasteiger partial charge in [0.15, 0.2) is 5.43 Å². The first-order valence-electron chi connectivity index (χ1n) is 11.0. The number of amides is 1. The molecule has 8 heteroatoms. The maximum atomic E-state index is 13.3. The molecule has 4 heterocycles. The minimum Gasteiger partial charge on any atom is -0.376 e. The quantitative estimate of drug-likeness (QED) is 0.640. The fourth-order valence-corrected chi connectivity index (χ4v) is 5.60. The molecule has 7 nitrogen and oxygen atoms in total. The van der Waals surface area contributed by atoms with Gasteiger partial charge in [0.25, 0.3) is 5.91 Å². The maximum absolute atomic E-state index is 13.3. The van der Waals surface area contributed by atoms with Gasteiger partial charge < -0.3 is 19.4 Å². The first-order valence-corrected chi connectivity index (χ1v) is 11.9. The van der Waals surface area contributed by atoms with Crippen molar-refractivity contribution in [2.24, 2.45) is 0 Å². The Morgan fingerprint density at radius 3 is 2.85 bits per heavy atom. The van der Waals surface area contributed by atoms with E-state index in [1.807, 2.05) is 47.9 Å². The molecular formula is C25H25N3O4S. The van der Waals surface area contributed by atoms with Crippen molar-refractivity contribution in [3.05, 3.63) is 87.6 Å². The number of rotatable bonds is 4. The summed E-state index contributed by atoms with van der Waals surface area (Å²) >= 11 is 1.70. The molecule has 2 atom stereocenters. The number of fused-ring (bicyclic) bond motifs is 3. The molecule has 0 unspecified atom stereocenters. The molecule has 0 saturated carbocycles. The van der Waals surface area contributed by atoms with Gasteiger partial charge in [-0.3, -0.25) is 14.6 Å². The summed E-state index contributed by atoms with van der Waals surface area (Å²) in [7, 11) is 0. The molecule has 2 aromatic heterocycles. The summed E-state index contributed by atoms with van der Waals surface area (Å²) in [6.07, 6.45) is 2.06. The lowest BCUT2D eigenvalue weighted by atomic mass is 10.0. The lowest BCUT2D eigenvalue weighted by molar-refractivity contribution is -0.0855. The highest BCUT2D eigenvalue weighted by Crippen LogP contribution is 2.43. The number of thioether (sulfide) groups is 1. The van der Waals surface area contributed by atoms with Gasteiger partial charge in [-0.1, -0.05) is 18.2 Å². The molecular weight excluding hydrogens is 438 g/mol. The van der Waals surface area contributed by atoms with Gasteiger partial charge in [-0.2, -0.15) is 0 Å². The van der Waals surface area contributed by atoms with Crippen molar-refractivity contribution in [1.29, 1.82) is 0 Å². The summed E-state index contributed by atoms with van der Waals surface area (Å²) in [6, 6.07) is 15.5. The number of aryl methyl sites for hydroxylation is 1. The van der Waals surface area contributed by atoms with Gasteiger partial charge >= 0.3 is 0 Å². The molecule has 0 bridgehead atoms. The number of aromatic nitrogens is 2. The van der Waals surface area contributed by atoms with Gasteiger partial charge in [-0.05, 0) is 31.2 Å². The van der Waals surface area contributed by atoms with Crippen molar-refractivity contribution in [1.82, 2.24) is 14.9 Å². The molecule has 170 valence electrons. The van der Waals surface area contributed by atoms with Crippen LogP contribution in [0.4, 0.5) is 0 Å². The first-order chi connectivity index (χ1) is 16.1. The number of pyridine rings is 2. The van der Waals surface area contributed by atoms with E-state index < -0.39 is 0 Å². The zero-order valence-electron chi connectivity index (χ0n) is 18.3. The highest BCUT2D eigenvalue weighted by molar-refractivity contribution is 7.99. The molecule has 1 saturated heterocycles. The fraction of sp³-hybridized carbons (Fsp3) is 0.320. The second kappa shape index (κ2) is 9.51. The van der Waals surface area contributed by atoms with E-state index in [1.165, 1.54) is 0 Å². The summed E-state index contributed by atoms with van der Waals surface area (Å²) in [5.74, 6) is -0.387. The largest absolute Gasteiger partial charge is 0.376 e. The van der Waals surface area contributed by atoms with Gasteiger partial charge in [0.2, 0.25) is 0 Å². The van der Waals surface area contributed by atoms with Crippen LogP contribution in [0.5, 0.6) is 0 Å². The Bertz CT molecular complexity index is 1220. The van der Waals surface area contributed by atoms with Crippen molar-refractivity contribution in [3.8, 4) is 5.69 Å². The molecule has 33 heavy (non-hydrogen) atoms. The highest BCUT2D eigenvalue weighted by Gasteiger charge is 2.30. The average molecular weight is 464 g/mol. The molecule has 0 spiro atoms. The molecule has 3 aromatic rings. The zero-order valence-corrected chi connectivity index (χ0v) is 19.1. The van der Waals surface area contributed by atoms with Gasteiger partial charge in [-0.25, -0.2) is 0 Å². The Labute approximate surface area is 196 Å². The number of nitrogens with one attached hydrogen (secondary N) is 1. The third-order valence-corrected chi connectivity index (χ3v) is 7.16. The van der Waals surface area contributed by atoms with E-state index in [0.717, 1.165) is 22.0 Å². The van der Waals surface area contributed by atoms with E-state index in [-0.39, 0.29) is 28.3 Å². The monoisotopic (exact) mass is 463 g/mol. The van der Waals surface area contributed by atoms with Crippen LogP contribution in [0.3, 0.4) is 0 Å². The topological polar surface area (TPSA) is 82.5 Å². The minimum absolute atomic E-state index is 0.0380. The van der Waals surface area contributed by atoms with Crippen LogP contribution in [0.2, 0.25) is 0 Å². The lowest BCUT2D eigenvalue weighted by Crippen LogP contribution is -2.41. The Morgan fingerprint density at radius 1 is 1.21 bits per heavy atom. The summed E-state index contributed by atoms with van der Waals surface area (Å²) in [5, 5.41) is 2.86. The molecule has 0 aliphatic carbocycles. The van der Waals surface area contributed by atoms with Crippen LogP contribution in [0.15, 0.2) is 64.4 Å². The minimum atomic E-state index is -0.387. The average Bonchev–Trinajstić information content (AvgIpc) is 3.01. The van der Waals surface area contributed by atoms with Crippen LogP contribution in [0.1, 0.15) is 32.7 Å². The van der Waals surface area contributed by atoms with E-state index in [0.29, 0.717) is 38.5 Å². The standard InChI is InChI=1S/C25H25N3O4S/c1-16-12-21(29)24(25(30)27-14-17-15-31-10-11-32-17)20-13-23(18-6-4-5-9-26-18)33-22-8-3-2-7-19(22)28(16)20/h2-9,12,17,23H,10-11,13-15H2,1H3,(H,27,30)/t17-,23-/m0/s1. The summed E-state index contributed by atoms with van der Waals surface area (Å²) in [6.45, 7) is 3.69. The summed E-state index contributed by atoms with van der Waals surface area (Å²) in [5.41, 5.74) is 3.28. The first kappa shape index (κ1) is 21.9. The predicted molar refractivity (Wildman–Crippen MR) is 126 cm³/mol. The summed E-state index contributed by atoms with van der Waals surface area (Å²) in [4.78, 5) is 32.1. The van der Waals surface area contributed by atoms with Crippen molar-refractivity contribution in [3.63, 3.8) is 0 Å². The number of para-hydroxylation sites is 1. The van der Waals surface area contributed by atoms with Gasteiger partial charge in [0.05, 0.1) is 42.6 Å². The SMILES string of the molecule is Cc1cc(=O)c(C(=O)NC[C@H]2COCCO2)c2n1-c1ccccc1S[C@H](c1ccccn1)C2. The Kier molecular flexibility index (Phi) is 6.30. The third kappa shape index (κ3) is 4.46. The predicted octanol–water partition coefficient (Wildman–Crippen LogP) is 3.08. The van der Waals surface area contributed by atoms with Crippen molar-refractivity contribution >= 4 is 17.7 Å². The number of nitrogens with zero attached hydrogens (tertiary/aromatic N) is 2. The number of hydrogen-bond donors (Lipinski definition) is 1. The molecule has 1 fully saturated rings. The van der Waals surface area contributed by atoms with Crippen LogP contribution in [-0.2, 0) is 15.9 Å². The molecule has 0 radical (unpaired) electrons. The number of hydrogen-bond acceptors (Lipinski definition) is 6. The highest BCUT2D eigenvalue weighted by atomic mass is 32.2. The Balaban J connectivity index is 1.59. The molecule has 2 aliphatic rings. The van der Waals surface area contributed by atoms with Gasteiger partial charge in [-0.15, -0.1) is 11.8 Å². The van der Waals surface area contributed by atoms with Crippen LogP contribution in [0, 0.1) is 6.92 Å². The van der Waals surface area contributed by atoms with E-state index in [2.05, 4.69) is 16.4 Å². The van der Waals surface area contributed by atoms with E-state index in [9.17, 15) is 9.59 Å². The lowest BCUT2D eigenvalue weighted by Gasteiger charge is -2.24. The molecule has 2 aliphatic heterocycles. The summed E-state index contributed by atoms with van der Waals surface area (Å²) < 4.78 is 13.1. The molecule has 5 rings (SSSR count). The number of ether oxygens (including phenoxy) is 2. The van der Waals surface area contributed by atoms with E-state index >= 15 is 0 Å². The van der Waals surface area contributed by atoms with Gasteiger partial charge in [0.1, 0.15) is 5.56 Å². The van der Waals surface area contributed by atoms with Crippen molar-refractivity contribution in [2.75, 3.05) is 26.4 Å². The van der Waals surface area contributed by atoms with E-state index in [4.69, 9.17) is 9.47 Å². The molecule has 1 N–H and O–H groups in total. The number of carbonyl (C=O) groups is 1. The normalized spacial score (nSPS) is 19.8. The second-order valence-corrected chi connectivity index (χ2v) is 9.36. The number of benzene rings is 1. The zero-order chi connectivity index (χ0) is 22.8. The second-order valence-electron chi connectivity index (χ2n) is 8.12. The Hall–Kier alpha value is -2.94. The fourth-order valence-electron chi connectivity index (χ4n) is 4.36. The smallest absolute Gasteiger partial charge is 0.257 e. The van der Waals surface area contributed by atoms with Crippen LogP contribution in [-0.4, -0.2) is 47.9 Å².